The first-order chi connectivity index (χ1) is 8.51. The summed E-state index contributed by atoms with van der Waals surface area (Å²) >= 11 is 0. The molecule has 0 heterocycles. The van der Waals surface area contributed by atoms with Crippen LogP contribution in [-0.2, 0) is 9.84 Å². The van der Waals surface area contributed by atoms with Crippen molar-refractivity contribution in [3.63, 3.8) is 0 Å². The summed E-state index contributed by atoms with van der Waals surface area (Å²) in [4.78, 5) is 11.6. The standard InChI is InChI=1S/C14H12O3S.H2S/c1-11(15)12-7-9-14(10-8-12)18(16,17)13-5-3-2-4-6-13;/h2-10H,1H3;1H2. The van der Waals surface area contributed by atoms with Crippen molar-refractivity contribution in [1.82, 2.24) is 0 Å². The molecule has 19 heavy (non-hydrogen) atoms. The fraction of sp³-hybridized carbons (Fsp3) is 0.0714. The molecule has 100 valence electrons. The van der Waals surface area contributed by atoms with Gasteiger partial charge < -0.3 is 0 Å². The molecule has 0 fully saturated rings. The zero-order chi connectivity index (χ0) is 13.2. The van der Waals surface area contributed by atoms with E-state index in [-0.39, 0.29) is 29.1 Å². The van der Waals surface area contributed by atoms with E-state index in [1.807, 2.05) is 0 Å². The molecule has 3 nitrogen and oxygen atoms in total. The van der Waals surface area contributed by atoms with E-state index in [1.54, 1.807) is 30.3 Å². The SMILES string of the molecule is CC(=O)c1ccc(S(=O)(=O)c2ccccc2)cc1.S. The third-order valence-electron chi connectivity index (χ3n) is 2.62. The van der Waals surface area contributed by atoms with E-state index < -0.39 is 9.84 Å². The van der Waals surface area contributed by atoms with Gasteiger partial charge >= 0.3 is 0 Å². The molecule has 0 aliphatic rings. The summed E-state index contributed by atoms with van der Waals surface area (Å²) in [6.45, 7) is 1.45. The number of Topliss-reactive ketones (excluding diaryl/α,β-unsaturated/α-hetero) is 1. The molecule has 0 radical (unpaired) electrons. The van der Waals surface area contributed by atoms with Crippen LogP contribution in [0.25, 0.3) is 0 Å². The second-order valence-electron chi connectivity index (χ2n) is 3.90. The number of hydrogen-bond donors (Lipinski definition) is 0. The Morgan fingerprint density at radius 2 is 1.32 bits per heavy atom. The second-order valence-corrected chi connectivity index (χ2v) is 5.85. The van der Waals surface area contributed by atoms with Gasteiger partial charge in [0.05, 0.1) is 9.79 Å². The average molecular weight is 294 g/mol. The van der Waals surface area contributed by atoms with Crippen LogP contribution < -0.4 is 0 Å². The summed E-state index contributed by atoms with van der Waals surface area (Å²) in [5.41, 5.74) is 0.502. The fourth-order valence-corrected chi connectivity index (χ4v) is 2.89. The molecular formula is C14H14O3S2. The normalized spacial score (nSPS) is 10.6. The van der Waals surface area contributed by atoms with Crippen LogP contribution in [0.4, 0.5) is 0 Å². The minimum absolute atomic E-state index is 0. The molecule has 2 aromatic rings. The maximum atomic E-state index is 12.2. The summed E-state index contributed by atoms with van der Waals surface area (Å²) in [7, 11) is -3.49. The molecule has 0 aromatic heterocycles. The molecule has 0 N–H and O–H groups in total. The second kappa shape index (κ2) is 6.04. The maximum Gasteiger partial charge on any atom is 0.206 e. The lowest BCUT2D eigenvalue weighted by atomic mass is 10.2. The van der Waals surface area contributed by atoms with Crippen LogP contribution in [0.3, 0.4) is 0 Å². The highest BCUT2D eigenvalue weighted by Gasteiger charge is 2.16. The van der Waals surface area contributed by atoms with E-state index in [0.29, 0.717) is 5.56 Å². The molecule has 5 heteroatoms. The van der Waals surface area contributed by atoms with E-state index in [0.717, 1.165) is 0 Å². The van der Waals surface area contributed by atoms with Crippen molar-refractivity contribution in [2.45, 2.75) is 16.7 Å². The molecule has 0 spiro atoms. The van der Waals surface area contributed by atoms with Gasteiger partial charge in [0.15, 0.2) is 5.78 Å². The number of sulfone groups is 1. The van der Waals surface area contributed by atoms with Gasteiger partial charge in [0.2, 0.25) is 9.84 Å². The monoisotopic (exact) mass is 294 g/mol. The first-order valence-corrected chi connectivity index (χ1v) is 6.91. The molecule has 2 aromatic carbocycles. The van der Waals surface area contributed by atoms with Gasteiger partial charge in [-0.15, -0.1) is 0 Å². The Kier molecular flexibility index (Phi) is 4.91. The molecule has 2 rings (SSSR count). The topological polar surface area (TPSA) is 51.2 Å². The molecular weight excluding hydrogens is 280 g/mol. The van der Waals surface area contributed by atoms with Crippen molar-refractivity contribution in [2.75, 3.05) is 0 Å². The molecule has 0 aliphatic carbocycles. The zero-order valence-electron chi connectivity index (χ0n) is 10.3. The van der Waals surface area contributed by atoms with Crippen LogP contribution in [0.5, 0.6) is 0 Å². The third kappa shape index (κ3) is 3.24. The van der Waals surface area contributed by atoms with E-state index in [4.69, 9.17) is 0 Å². The van der Waals surface area contributed by atoms with Gasteiger partial charge in [0.25, 0.3) is 0 Å². The summed E-state index contributed by atoms with van der Waals surface area (Å²) in [5, 5.41) is 0. The van der Waals surface area contributed by atoms with Crippen LogP contribution >= 0.6 is 13.5 Å². The summed E-state index contributed by atoms with van der Waals surface area (Å²) in [6, 6.07) is 14.2. The van der Waals surface area contributed by atoms with Crippen LogP contribution in [0.2, 0.25) is 0 Å². The quantitative estimate of drug-likeness (QED) is 0.818. The molecule has 0 atom stereocenters. The number of benzene rings is 2. The minimum Gasteiger partial charge on any atom is -0.295 e. The number of rotatable bonds is 3. The van der Waals surface area contributed by atoms with Crippen molar-refractivity contribution < 1.29 is 13.2 Å². The molecule has 0 amide bonds. The lowest BCUT2D eigenvalue weighted by Gasteiger charge is -2.04. The molecule has 0 unspecified atom stereocenters. The summed E-state index contributed by atoms with van der Waals surface area (Å²) in [6.07, 6.45) is 0. The molecule has 0 saturated carbocycles. The van der Waals surface area contributed by atoms with E-state index in [2.05, 4.69) is 0 Å². The van der Waals surface area contributed by atoms with Crippen LogP contribution in [0.15, 0.2) is 64.4 Å². The van der Waals surface area contributed by atoms with Crippen LogP contribution in [0.1, 0.15) is 17.3 Å². The van der Waals surface area contributed by atoms with E-state index in [1.165, 1.54) is 31.2 Å². The van der Waals surface area contributed by atoms with Gasteiger partial charge in [-0.1, -0.05) is 30.3 Å². The Labute approximate surface area is 119 Å². The highest BCUT2D eigenvalue weighted by molar-refractivity contribution is 7.91. The average Bonchev–Trinajstić information content (AvgIpc) is 2.40. The van der Waals surface area contributed by atoms with Crippen LogP contribution in [0, 0.1) is 0 Å². The summed E-state index contributed by atoms with van der Waals surface area (Å²) in [5.74, 6) is -0.0846. The van der Waals surface area contributed by atoms with Crippen molar-refractivity contribution in [2.24, 2.45) is 0 Å². The maximum absolute atomic E-state index is 12.2. The Hall–Kier alpha value is -1.59. The molecule has 0 saturated heterocycles. The Bertz CT molecular complexity index is 660. The van der Waals surface area contributed by atoms with Gasteiger partial charge in [-0.3, -0.25) is 4.79 Å². The van der Waals surface area contributed by atoms with Crippen molar-refractivity contribution in [1.29, 1.82) is 0 Å². The third-order valence-corrected chi connectivity index (χ3v) is 4.41. The smallest absolute Gasteiger partial charge is 0.206 e. The van der Waals surface area contributed by atoms with E-state index in [9.17, 15) is 13.2 Å². The lowest BCUT2D eigenvalue weighted by molar-refractivity contribution is 0.101. The largest absolute Gasteiger partial charge is 0.295 e. The van der Waals surface area contributed by atoms with E-state index >= 15 is 0 Å². The number of carbonyl (C=O) groups excluding carboxylic acids is 1. The van der Waals surface area contributed by atoms with Gasteiger partial charge in [0.1, 0.15) is 0 Å². The predicted octanol–water partition coefficient (Wildman–Crippen LogP) is 2.83. The van der Waals surface area contributed by atoms with Gasteiger partial charge in [-0.2, -0.15) is 13.5 Å². The number of hydrogen-bond acceptors (Lipinski definition) is 3. The summed E-state index contributed by atoms with van der Waals surface area (Å²) < 4.78 is 24.5. The minimum atomic E-state index is -3.49. The predicted molar refractivity (Wildman–Crippen MR) is 78.7 cm³/mol. The van der Waals surface area contributed by atoms with Crippen molar-refractivity contribution in [3.05, 3.63) is 60.2 Å². The number of carbonyl (C=O) groups is 1. The number of ketones is 1. The Morgan fingerprint density at radius 1 is 0.842 bits per heavy atom. The molecule has 0 bridgehead atoms. The highest BCUT2D eigenvalue weighted by Crippen LogP contribution is 2.20. The first kappa shape index (κ1) is 15.5. The van der Waals surface area contributed by atoms with Crippen LogP contribution in [-0.4, -0.2) is 14.2 Å². The van der Waals surface area contributed by atoms with Gasteiger partial charge in [0, 0.05) is 5.56 Å². The van der Waals surface area contributed by atoms with Crippen molar-refractivity contribution in [3.8, 4) is 0 Å². The van der Waals surface area contributed by atoms with Crippen molar-refractivity contribution >= 4 is 29.1 Å². The van der Waals surface area contributed by atoms with Gasteiger partial charge in [-0.25, -0.2) is 8.42 Å². The first-order valence-electron chi connectivity index (χ1n) is 5.43. The zero-order valence-corrected chi connectivity index (χ0v) is 12.1. The Morgan fingerprint density at radius 3 is 1.79 bits per heavy atom. The fourth-order valence-electron chi connectivity index (χ4n) is 1.60. The lowest BCUT2D eigenvalue weighted by Crippen LogP contribution is -2.02. The van der Waals surface area contributed by atoms with Gasteiger partial charge in [-0.05, 0) is 31.2 Å². The Balaban J connectivity index is 0.00000180. The molecule has 0 aliphatic heterocycles. The highest BCUT2D eigenvalue weighted by atomic mass is 32.2.